The lowest BCUT2D eigenvalue weighted by molar-refractivity contribution is 0.602. The summed E-state index contributed by atoms with van der Waals surface area (Å²) < 4.78 is 2.32. The molecule has 0 saturated carbocycles. The fourth-order valence-corrected chi connectivity index (χ4v) is 4.28. The topological polar surface area (TPSA) is 12.0 Å². The van der Waals surface area contributed by atoms with Gasteiger partial charge in [0.05, 0.1) is 6.04 Å². The maximum absolute atomic E-state index is 3.66. The zero-order valence-electron chi connectivity index (χ0n) is 11.0. The number of rotatable bonds is 5. The molecule has 19 heavy (non-hydrogen) atoms. The van der Waals surface area contributed by atoms with Gasteiger partial charge in [0.1, 0.15) is 0 Å². The third-order valence-corrected chi connectivity index (χ3v) is 5.48. The van der Waals surface area contributed by atoms with E-state index >= 15 is 0 Å². The second-order valence-corrected chi connectivity index (χ2v) is 7.24. The molecule has 0 aliphatic carbocycles. The van der Waals surface area contributed by atoms with E-state index in [4.69, 9.17) is 0 Å². The normalized spacial score (nSPS) is 12.6. The van der Waals surface area contributed by atoms with E-state index < -0.39 is 0 Å². The molecule has 1 nitrogen and oxygen atoms in total. The molecule has 2 aromatic rings. The third kappa shape index (κ3) is 3.69. The molecule has 102 valence electrons. The predicted octanol–water partition coefficient (Wildman–Crippen LogP) is 5.67. The number of halogens is 2. The van der Waals surface area contributed by atoms with Gasteiger partial charge in [0, 0.05) is 13.8 Å². The van der Waals surface area contributed by atoms with Gasteiger partial charge in [-0.1, -0.05) is 28.9 Å². The lowest BCUT2D eigenvalue weighted by Gasteiger charge is -2.20. The van der Waals surface area contributed by atoms with Crippen LogP contribution in [0.15, 0.2) is 38.6 Å². The largest absolute Gasteiger partial charge is 0.306 e. The molecule has 0 aliphatic heterocycles. The molecule has 4 heteroatoms. The van der Waals surface area contributed by atoms with Crippen molar-refractivity contribution in [2.24, 2.45) is 0 Å². The van der Waals surface area contributed by atoms with Crippen molar-refractivity contribution in [2.75, 3.05) is 6.54 Å². The van der Waals surface area contributed by atoms with Crippen LogP contribution in [-0.2, 0) is 0 Å². The Hall–Kier alpha value is -0.160. The summed E-state index contributed by atoms with van der Waals surface area (Å²) in [5.74, 6) is 0. The van der Waals surface area contributed by atoms with Crippen molar-refractivity contribution in [1.82, 2.24) is 5.32 Å². The van der Waals surface area contributed by atoms with Gasteiger partial charge in [-0.3, -0.25) is 0 Å². The van der Waals surface area contributed by atoms with E-state index in [1.165, 1.54) is 20.5 Å². The van der Waals surface area contributed by atoms with E-state index in [0.717, 1.165) is 17.4 Å². The molecule has 0 radical (unpaired) electrons. The lowest BCUT2D eigenvalue weighted by atomic mass is 10.00. The van der Waals surface area contributed by atoms with Crippen molar-refractivity contribution in [3.63, 3.8) is 0 Å². The van der Waals surface area contributed by atoms with Gasteiger partial charge in [0.15, 0.2) is 0 Å². The molecule has 2 rings (SSSR count). The Morgan fingerprint density at radius 2 is 2.05 bits per heavy atom. The van der Waals surface area contributed by atoms with E-state index in [1.54, 1.807) is 11.3 Å². The van der Waals surface area contributed by atoms with Gasteiger partial charge < -0.3 is 5.32 Å². The highest BCUT2D eigenvalue weighted by Crippen LogP contribution is 2.35. The first-order chi connectivity index (χ1) is 9.13. The van der Waals surface area contributed by atoms with Crippen LogP contribution in [-0.4, -0.2) is 6.54 Å². The highest BCUT2D eigenvalue weighted by molar-refractivity contribution is 9.10. The van der Waals surface area contributed by atoms with Crippen LogP contribution >= 0.6 is 43.2 Å². The van der Waals surface area contributed by atoms with E-state index in [1.807, 2.05) is 0 Å². The molecular weight excluding hydrogens is 386 g/mol. The van der Waals surface area contributed by atoms with Crippen molar-refractivity contribution in [3.05, 3.63) is 54.6 Å². The SMILES string of the molecule is CCCNC(c1ccc(Br)cc1C)c1sccc1Br. The second kappa shape index (κ2) is 7.02. The first-order valence-corrected chi connectivity index (χ1v) is 8.82. The summed E-state index contributed by atoms with van der Waals surface area (Å²) in [5.41, 5.74) is 2.66. The van der Waals surface area contributed by atoms with Gasteiger partial charge in [0.2, 0.25) is 0 Å². The second-order valence-electron chi connectivity index (χ2n) is 4.52. The van der Waals surface area contributed by atoms with E-state index in [0.29, 0.717) is 0 Å². The Bertz CT molecular complexity index is 551. The average Bonchev–Trinajstić information content (AvgIpc) is 2.78. The number of aryl methyl sites for hydroxylation is 1. The molecule has 0 spiro atoms. The fourth-order valence-electron chi connectivity index (χ4n) is 2.11. The average molecular weight is 403 g/mol. The summed E-state index contributed by atoms with van der Waals surface area (Å²) in [6.07, 6.45) is 1.13. The molecule has 1 heterocycles. The Balaban J connectivity index is 2.40. The molecule has 1 atom stereocenters. The Kier molecular flexibility index (Phi) is 5.63. The molecular formula is C15H17Br2NS. The maximum Gasteiger partial charge on any atom is 0.0685 e. The van der Waals surface area contributed by atoms with Crippen LogP contribution in [0.1, 0.15) is 35.4 Å². The smallest absolute Gasteiger partial charge is 0.0685 e. The van der Waals surface area contributed by atoms with Crippen molar-refractivity contribution in [1.29, 1.82) is 0 Å². The minimum atomic E-state index is 0.266. The molecule has 1 N–H and O–H groups in total. The Morgan fingerprint density at radius 3 is 2.63 bits per heavy atom. The summed E-state index contributed by atoms with van der Waals surface area (Å²) in [7, 11) is 0. The summed E-state index contributed by atoms with van der Waals surface area (Å²) >= 11 is 8.99. The molecule has 1 unspecified atom stereocenters. The van der Waals surface area contributed by atoms with Crippen molar-refractivity contribution in [3.8, 4) is 0 Å². The van der Waals surface area contributed by atoms with Gasteiger partial charge >= 0.3 is 0 Å². The monoisotopic (exact) mass is 401 g/mol. The minimum absolute atomic E-state index is 0.266. The van der Waals surface area contributed by atoms with E-state index in [2.05, 4.69) is 80.7 Å². The maximum atomic E-state index is 3.66. The van der Waals surface area contributed by atoms with Crippen molar-refractivity contribution in [2.45, 2.75) is 26.3 Å². The molecule has 0 bridgehead atoms. The zero-order valence-corrected chi connectivity index (χ0v) is 15.0. The van der Waals surface area contributed by atoms with Crippen LogP contribution in [0.5, 0.6) is 0 Å². The van der Waals surface area contributed by atoms with E-state index in [9.17, 15) is 0 Å². The van der Waals surface area contributed by atoms with Gasteiger partial charge in [-0.05, 0) is 70.5 Å². The van der Waals surface area contributed by atoms with E-state index in [-0.39, 0.29) is 6.04 Å². The summed E-state index contributed by atoms with van der Waals surface area (Å²) in [4.78, 5) is 1.35. The third-order valence-electron chi connectivity index (χ3n) is 3.05. The van der Waals surface area contributed by atoms with Gasteiger partial charge in [-0.25, -0.2) is 0 Å². The Labute approximate surface area is 135 Å². The first-order valence-electron chi connectivity index (χ1n) is 6.35. The molecule has 0 amide bonds. The van der Waals surface area contributed by atoms with Gasteiger partial charge in [0.25, 0.3) is 0 Å². The van der Waals surface area contributed by atoms with Crippen LogP contribution in [0, 0.1) is 6.92 Å². The molecule has 0 saturated heterocycles. The van der Waals surface area contributed by atoms with Crippen molar-refractivity contribution < 1.29 is 0 Å². The van der Waals surface area contributed by atoms with Gasteiger partial charge in [-0.15, -0.1) is 11.3 Å². The standard InChI is InChI=1S/C15H17Br2NS/c1-3-7-18-14(15-13(17)6-8-19-15)12-5-4-11(16)9-10(12)2/h4-6,8-9,14,18H,3,7H2,1-2H3. The molecule has 0 aliphatic rings. The number of benzene rings is 1. The molecule has 1 aromatic heterocycles. The summed E-state index contributed by atoms with van der Waals surface area (Å²) in [6, 6.07) is 8.89. The molecule has 0 fully saturated rings. The molecule has 1 aromatic carbocycles. The van der Waals surface area contributed by atoms with Crippen LogP contribution in [0.25, 0.3) is 0 Å². The number of nitrogens with one attached hydrogen (secondary N) is 1. The van der Waals surface area contributed by atoms with Crippen LogP contribution in [0.3, 0.4) is 0 Å². The van der Waals surface area contributed by atoms with Gasteiger partial charge in [-0.2, -0.15) is 0 Å². The lowest BCUT2D eigenvalue weighted by Crippen LogP contribution is -2.23. The highest BCUT2D eigenvalue weighted by Gasteiger charge is 2.19. The number of thiophene rings is 1. The van der Waals surface area contributed by atoms with Crippen LogP contribution in [0.2, 0.25) is 0 Å². The minimum Gasteiger partial charge on any atom is -0.306 e. The van der Waals surface area contributed by atoms with Crippen LogP contribution in [0.4, 0.5) is 0 Å². The van der Waals surface area contributed by atoms with Crippen molar-refractivity contribution >= 4 is 43.2 Å². The number of hydrogen-bond donors (Lipinski definition) is 1. The quantitative estimate of drug-likeness (QED) is 0.679. The first kappa shape index (κ1) is 15.2. The highest BCUT2D eigenvalue weighted by atomic mass is 79.9. The van der Waals surface area contributed by atoms with Crippen LogP contribution < -0.4 is 5.32 Å². The summed E-state index contributed by atoms with van der Waals surface area (Å²) in [6.45, 7) is 5.38. The number of hydrogen-bond acceptors (Lipinski definition) is 2. The fraction of sp³-hybridized carbons (Fsp3) is 0.333. The predicted molar refractivity (Wildman–Crippen MR) is 91.0 cm³/mol. The zero-order chi connectivity index (χ0) is 13.8. The summed E-state index contributed by atoms with van der Waals surface area (Å²) in [5, 5.41) is 5.79. The Morgan fingerprint density at radius 1 is 1.26 bits per heavy atom.